The summed E-state index contributed by atoms with van der Waals surface area (Å²) in [5.74, 6) is 1.05. The van der Waals surface area contributed by atoms with Crippen molar-refractivity contribution in [2.75, 3.05) is 0 Å². The molecule has 0 radical (unpaired) electrons. The van der Waals surface area contributed by atoms with Crippen molar-refractivity contribution in [3.8, 4) is 0 Å². The topological polar surface area (TPSA) is 85.2 Å². The van der Waals surface area contributed by atoms with Gasteiger partial charge in [-0.15, -0.1) is 10.2 Å². The SMILES string of the molecule is Clc1nc(Sc2nnc3n2CCCCC3)c2cn[nH]c2n1. The number of nitrogens with zero attached hydrogens (tertiary/aromatic N) is 6. The molecular weight excluding hydrogens is 310 g/mol. The highest BCUT2D eigenvalue weighted by atomic mass is 35.5. The van der Waals surface area contributed by atoms with Crippen LogP contribution in [-0.4, -0.2) is 34.9 Å². The third kappa shape index (κ3) is 2.38. The molecule has 4 rings (SSSR count). The molecule has 1 N–H and O–H groups in total. The van der Waals surface area contributed by atoms with Crippen molar-refractivity contribution in [1.29, 1.82) is 0 Å². The van der Waals surface area contributed by atoms with E-state index in [0.717, 1.165) is 40.8 Å². The standard InChI is InChI=1S/C12H12ClN7S/c13-11-15-9-7(6-14-18-9)10(16-11)21-12-19-17-8-4-2-1-3-5-20(8)12/h6H,1-5H2,(H,14,15,16,18). The Morgan fingerprint density at radius 3 is 3.10 bits per heavy atom. The zero-order valence-corrected chi connectivity index (χ0v) is 12.7. The first-order valence-electron chi connectivity index (χ1n) is 6.78. The van der Waals surface area contributed by atoms with Crippen LogP contribution in [0.3, 0.4) is 0 Å². The zero-order valence-electron chi connectivity index (χ0n) is 11.1. The molecule has 0 unspecified atom stereocenters. The van der Waals surface area contributed by atoms with E-state index in [2.05, 4.69) is 34.9 Å². The normalized spacial score (nSPS) is 15.1. The molecule has 0 aliphatic carbocycles. The molecule has 1 aliphatic rings. The van der Waals surface area contributed by atoms with Crippen molar-refractivity contribution >= 4 is 34.4 Å². The minimum absolute atomic E-state index is 0.199. The predicted molar refractivity (Wildman–Crippen MR) is 78.4 cm³/mol. The van der Waals surface area contributed by atoms with Gasteiger partial charge < -0.3 is 4.57 Å². The number of aromatic amines is 1. The van der Waals surface area contributed by atoms with Crippen LogP contribution in [0.15, 0.2) is 16.4 Å². The van der Waals surface area contributed by atoms with Crippen LogP contribution in [0.2, 0.25) is 5.28 Å². The summed E-state index contributed by atoms with van der Waals surface area (Å²) in [4.78, 5) is 8.41. The van der Waals surface area contributed by atoms with E-state index in [1.807, 2.05) is 0 Å². The van der Waals surface area contributed by atoms with Gasteiger partial charge in [0.15, 0.2) is 10.8 Å². The fraction of sp³-hybridized carbons (Fsp3) is 0.417. The number of halogens is 1. The first-order chi connectivity index (χ1) is 10.3. The van der Waals surface area contributed by atoms with Gasteiger partial charge in [-0.2, -0.15) is 10.1 Å². The molecule has 0 saturated carbocycles. The number of rotatable bonds is 2. The summed E-state index contributed by atoms with van der Waals surface area (Å²) in [5.41, 5.74) is 0.633. The second kappa shape index (κ2) is 5.27. The Labute approximate surface area is 129 Å². The van der Waals surface area contributed by atoms with Crippen LogP contribution in [0.5, 0.6) is 0 Å². The van der Waals surface area contributed by atoms with Gasteiger partial charge >= 0.3 is 0 Å². The summed E-state index contributed by atoms with van der Waals surface area (Å²) in [5, 5.41) is 18.0. The van der Waals surface area contributed by atoms with Gasteiger partial charge in [0.05, 0.1) is 11.6 Å². The summed E-state index contributed by atoms with van der Waals surface area (Å²) in [6, 6.07) is 0. The molecule has 9 heteroatoms. The van der Waals surface area contributed by atoms with E-state index in [1.54, 1.807) is 6.20 Å². The van der Waals surface area contributed by atoms with E-state index in [9.17, 15) is 0 Å². The molecule has 1 aliphatic heterocycles. The molecule has 0 fully saturated rings. The second-order valence-corrected chi connectivity index (χ2v) is 6.19. The molecule has 0 atom stereocenters. The number of H-pyrrole nitrogens is 1. The first kappa shape index (κ1) is 13.0. The molecule has 0 aromatic carbocycles. The molecule has 0 spiro atoms. The van der Waals surface area contributed by atoms with Crippen molar-refractivity contribution in [1.82, 2.24) is 34.9 Å². The second-order valence-electron chi connectivity index (χ2n) is 4.89. The lowest BCUT2D eigenvalue weighted by molar-refractivity contribution is 0.591. The number of fused-ring (bicyclic) bond motifs is 2. The lowest BCUT2D eigenvalue weighted by Crippen LogP contribution is -2.02. The molecule has 4 heterocycles. The van der Waals surface area contributed by atoms with Crippen LogP contribution < -0.4 is 0 Å². The molecule has 3 aromatic heterocycles. The number of hydrogen-bond acceptors (Lipinski definition) is 6. The van der Waals surface area contributed by atoms with Crippen molar-refractivity contribution in [3.05, 3.63) is 17.3 Å². The highest BCUT2D eigenvalue weighted by Gasteiger charge is 2.18. The quantitative estimate of drug-likeness (QED) is 0.576. The molecule has 3 aromatic rings. The van der Waals surface area contributed by atoms with Gasteiger partial charge in [0.1, 0.15) is 10.9 Å². The highest BCUT2D eigenvalue weighted by molar-refractivity contribution is 7.99. The Hall–Kier alpha value is -1.67. The maximum Gasteiger partial charge on any atom is 0.225 e. The van der Waals surface area contributed by atoms with Crippen LogP contribution >= 0.6 is 23.4 Å². The number of aryl methyl sites for hydroxylation is 1. The molecule has 108 valence electrons. The van der Waals surface area contributed by atoms with Gasteiger partial charge in [-0.3, -0.25) is 5.10 Å². The van der Waals surface area contributed by atoms with Crippen molar-refractivity contribution in [3.63, 3.8) is 0 Å². The Morgan fingerprint density at radius 1 is 1.19 bits per heavy atom. The predicted octanol–water partition coefficient (Wildman–Crippen LogP) is 2.48. The molecule has 21 heavy (non-hydrogen) atoms. The van der Waals surface area contributed by atoms with Gasteiger partial charge in [-0.1, -0.05) is 6.42 Å². The smallest absolute Gasteiger partial charge is 0.225 e. The van der Waals surface area contributed by atoms with E-state index in [4.69, 9.17) is 11.6 Å². The van der Waals surface area contributed by atoms with E-state index in [1.165, 1.54) is 24.6 Å². The lowest BCUT2D eigenvalue weighted by Gasteiger charge is -2.06. The maximum atomic E-state index is 5.96. The van der Waals surface area contributed by atoms with Crippen LogP contribution in [0, 0.1) is 0 Å². The maximum absolute atomic E-state index is 5.96. The molecule has 0 bridgehead atoms. The monoisotopic (exact) mass is 321 g/mol. The van der Waals surface area contributed by atoms with Crippen molar-refractivity contribution in [2.45, 2.75) is 42.4 Å². The van der Waals surface area contributed by atoms with Crippen LogP contribution in [0.25, 0.3) is 11.0 Å². The molecule has 7 nitrogen and oxygen atoms in total. The molecule has 0 amide bonds. The van der Waals surface area contributed by atoms with Crippen molar-refractivity contribution < 1.29 is 0 Å². The summed E-state index contributed by atoms with van der Waals surface area (Å²) in [7, 11) is 0. The van der Waals surface area contributed by atoms with Crippen molar-refractivity contribution in [2.24, 2.45) is 0 Å². The minimum atomic E-state index is 0.199. The van der Waals surface area contributed by atoms with Gasteiger partial charge in [0.25, 0.3) is 0 Å². The van der Waals surface area contributed by atoms with E-state index in [-0.39, 0.29) is 5.28 Å². The molecule has 0 saturated heterocycles. The van der Waals surface area contributed by atoms with Gasteiger partial charge in [0.2, 0.25) is 5.28 Å². The summed E-state index contributed by atoms with van der Waals surface area (Å²) in [6.07, 6.45) is 6.25. The van der Waals surface area contributed by atoms with Gasteiger partial charge in [-0.05, 0) is 36.2 Å². The van der Waals surface area contributed by atoms with Crippen LogP contribution in [-0.2, 0) is 13.0 Å². The zero-order chi connectivity index (χ0) is 14.2. The number of hydrogen-bond donors (Lipinski definition) is 1. The first-order valence-corrected chi connectivity index (χ1v) is 7.97. The fourth-order valence-electron chi connectivity index (χ4n) is 2.48. The third-order valence-corrected chi connectivity index (χ3v) is 4.67. The Kier molecular flexibility index (Phi) is 3.27. The van der Waals surface area contributed by atoms with E-state index in [0.29, 0.717) is 5.65 Å². The van der Waals surface area contributed by atoms with Crippen LogP contribution in [0.4, 0.5) is 0 Å². The Bertz CT molecular complexity index is 796. The van der Waals surface area contributed by atoms with E-state index >= 15 is 0 Å². The molecular formula is C12H12ClN7S. The number of nitrogens with one attached hydrogen (secondary N) is 1. The fourth-order valence-corrected chi connectivity index (χ4v) is 3.65. The lowest BCUT2D eigenvalue weighted by atomic mass is 10.2. The van der Waals surface area contributed by atoms with E-state index < -0.39 is 0 Å². The Morgan fingerprint density at radius 2 is 2.14 bits per heavy atom. The summed E-state index contributed by atoms with van der Waals surface area (Å²) < 4.78 is 2.18. The average molecular weight is 322 g/mol. The third-order valence-electron chi connectivity index (χ3n) is 3.51. The minimum Gasteiger partial charge on any atom is -0.306 e. The largest absolute Gasteiger partial charge is 0.306 e. The summed E-state index contributed by atoms with van der Waals surface area (Å²) >= 11 is 7.42. The van der Waals surface area contributed by atoms with Crippen LogP contribution in [0.1, 0.15) is 25.1 Å². The number of aromatic nitrogens is 7. The highest BCUT2D eigenvalue weighted by Crippen LogP contribution is 2.31. The average Bonchev–Trinajstić information content (AvgIpc) is 3.00. The Balaban J connectivity index is 1.75. The summed E-state index contributed by atoms with van der Waals surface area (Å²) in [6.45, 7) is 0.956. The van der Waals surface area contributed by atoms with Gasteiger partial charge in [0, 0.05) is 13.0 Å². The van der Waals surface area contributed by atoms with Gasteiger partial charge in [-0.25, -0.2) is 4.98 Å².